The summed E-state index contributed by atoms with van der Waals surface area (Å²) in [6.07, 6.45) is 0.783. The normalized spacial score (nSPS) is 15.8. The zero-order valence-electron chi connectivity index (χ0n) is 16.6. The zero-order valence-corrected chi connectivity index (χ0v) is 17.3. The van der Waals surface area contributed by atoms with E-state index >= 15 is 0 Å². The molecule has 2 heterocycles. The molecule has 0 aliphatic carbocycles. The van der Waals surface area contributed by atoms with Gasteiger partial charge >= 0.3 is 0 Å². The molecule has 5 rings (SSSR count). The van der Waals surface area contributed by atoms with Gasteiger partial charge in [0, 0.05) is 33.7 Å². The minimum absolute atomic E-state index is 0.00223. The van der Waals surface area contributed by atoms with E-state index in [0.29, 0.717) is 17.1 Å². The average molecular weight is 417 g/mol. The number of aromatic amines is 1. The highest BCUT2D eigenvalue weighted by atomic mass is 35.5. The van der Waals surface area contributed by atoms with Gasteiger partial charge in [-0.05, 0) is 60.0 Å². The van der Waals surface area contributed by atoms with Crippen LogP contribution >= 0.6 is 11.6 Å². The maximum Gasteiger partial charge on any atom is 0.254 e. The smallest absolute Gasteiger partial charge is 0.254 e. The van der Waals surface area contributed by atoms with E-state index in [1.54, 1.807) is 31.4 Å². The number of carbonyl (C=O) groups is 1. The molecule has 0 bridgehead atoms. The largest absolute Gasteiger partial charge is 0.497 e. The number of hydrogen-bond acceptors (Lipinski definition) is 2. The van der Waals surface area contributed by atoms with Crippen LogP contribution in [0, 0.1) is 0 Å². The van der Waals surface area contributed by atoms with Crippen LogP contribution in [0.3, 0.4) is 0 Å². The van der Waals surface area contributed by atoms with Gasteiger partial charge in [0.1, 0.15) is 5.75 Å². The molecule has 1 aromatic heterocycles. The second-order valence-electron chi connectivity index (χ2n) is 7.50. The molecule has 0 spiro atoms. The Bertz CT molecular complexity index is 1220. The van der Waals surface area contributed by atoms with Crippen LogP contribution in [0.15, 0.2) is 72.8 Å². The van der Waals surface area contributed by atoms with Crippen LogP contribution in [-0.4, -0.2) is 29.4 Å². The van der Waals surface area contributed by atoms with Crippen molar-refractivity contribution in [3.05, 3.63) is 100 Å². The van der Waals surface area contributed by atoms with E-state index in [-0.39, 0.29) is 11.9 Å². The minimum atomic E-state index is -0.184. The van der Waals surface area contributed by atoms with Crippen molar-refractivity contribution >= 4 is 28.4 Å². The molecule has 0 saturated heterocycles. The molecule has 5 heteroatoms. The molecular formula is C25H21ClN2O2. The predicted octanol–water partition coefficient (Wildman–Crippen LogP) is 5.62. The lowest BCUT2D eigenvalue weighted by Gasteiger charge is -2.36. The molecule has 1 aliphatic rings. The Morgan fingerprint density at radius 2 is 1.83 bits per heavy atom. The number of carbonyl (C=O) groups excluding carboxylic acids is 1. The van der Waals surface area contributed by atoms with E-state index < -0.39 is 0 Å². The minimum Gasteiger partial charge on any atom is -0.497 e. The monoisotopic (exact) mass is 416 g/mol. The van der Waals surface area contributed by atoms with Gasteiger partial charge in [-0.15, -0.1) is 0 Å². The first-order valence-electron chi connectivity index (χ1n) is 9.95. The highest BCUT2D eigenvalue weighted by Gasteiger charge is 2.34. The maximum atomic E-state index is 13.5. The number of fused-ring (bicyclic) bond motifs is 3. The van der Waals surface area contributed by atoms with Gasteiger partial charge in [0.15, 0.2) is 0 Å². The molecule has 1 N–H and O–H groups in total. The molecule has 4 aromatic rings. The van der Waals surface area contributed by atoms with Gasteiger partial charge in [-0.3, -0.25) is 4.79 Å². The van der Waals surface area contributed by atoms with Crippen LogP contribution in [0.5, 0.6) is 5.75 Å². The molecule has 4 nitrogen and oxygen atoms in total. The van der Waals surface area contributed by atoms with E-state index in [1.807, 2.05) is 35.2 Å². The molecule has 1 atom stereocenters. The van der Waals surface area contributed by atoms with Crippen LogP contribution in [0.25, 0.3) is 10.9 Å². The maximum absolute atomic E-state index is 13.5. The number of amides is 1. The summed E-state index contributed by atoms with van der Waals surface area (Å²) in [6.45, 7) is 0.637. The first kappa shape index (κ1) is 18.8. The fourth-order valence-corrected chi connectivity index (χ4v) is 4.48. The van der Waals surface area contributed by atoms with Crippen molar-refractivity contribution in [1.82, 2.24) is 9.88 Å². The lowest BCUT2D eigenvalue weighted by molar-refractivity contribution is 0.0692. The first-order valence-corrected chi connectivity index (χ1v) is 10.3. The summed E-state index contributed by atoms with van der Waals surface area (Å²) in [4.78, 5) is 19.0. The summed E-state index contributed by atoms with van der Waals surface area (Å²) < 4.78 is 5.43. The number of hydrogen-bond donors (Lipinski definition) is 1. The Kier molecular flexibility index (Phi) is 4.72. The van der Waals surface area contributed by atoms with E-state index in [9.17, 15) is 4.79 Å². The number of aromatic nitrogens is 1. The molecule has 0 fully saturated rings. The second-order valence-corrected chi connectivity index (χ2v) is 7.93. The third-order valence-corrected chi connectivity index (χ3v) is 6.05. The molecule has 150 valence electrons. The SMILES string of the molecule is COc1ccc2[nH]c3c(c2c1)CCN(C(=O)c1ccc(Cl)cc1)C3c1ccccc1. The highest BCUT2D eigenvalue weighted by Crippen LogP contribution is 2.40. The number of halogens is 1. The van der Waals surface area contributed by atoms with Gasteiger partial charge < -0.3 is 14.6 Å². The third-order valence-electron chi connectivity index (χ3n) is 5.80. The first-order chi connectivity index (χ1) is 14.7. The summed E-state index contributed by atoms with van der Waals surface area (Å²) in [5, 5.41) is 1.78. The summed E-state index contributed by atoms with van der Waals surface area (Å²) in [5.41, 5.74) is 5.10. The van der Waals surface area contributed by atoms with E-state index in [2.05, 4.69) is 23.2 Å². The second kappa shape index (κ2) is 7.54. The Morgan fingerprint density at radius 3 is 2.57 bits per heavy atom. The van der Waals surface area contributed by atoms with Crippen molar-refractivity contribution < 1.29 is 9.53 Å². The number of nitrogens with zero attached hydrogens (tertiary/aromatic N) is 1. The van der Waals surface area contributed by atoms with Crippen molar-refractivity contribution in [2.45, 2.75) is 12.5 Å². The van der Waals surface area contributed by atoms with Crippen molar-refractivity contribution in [2.24, 2.45) is 0 Å². The fraction of sp³-hybridized carbons (Fsp3) is 0.160. The lowest BCUT2D eigenvalue weighted by Crippen LogP contribution is -2.40. The summed E-state index contributed by atoms with van der Waals surface area (Å²) in [5.74, 6) is 0.836. The molecule has 1 unspecified atom stereocenters. The molecule has 0 radical (unpaired) electrons. The highest BCUT2D eigenvalue weighted by molar-refractivity contribution is 6.30. The molecular weight excluding hydrogens is 396 g/mol. The fourth-order valence-electron chi connectivity index (χ4n) is 4.35. The van der Waals surface area contributed by atoms with Gasteiger partial charge in [0.2, 0.25) is 0 Å². The average Bonchev–Trinajstić information content (AvgIpc) is 3.16. The van der Waals surface area contributed by atoms with E-state index in [1.165, 1.54) is 5.56 Å². The molecule has 0 saturated carbocycles. The summed E-state index contributed by atoms with van der Waals surface area (Å²) in [6, 6.07) is 23.2. The topological polar surface area (TPSA) is 45.3 Å². The lowest BCUT2D eigenvalue weighted by atomic mass is 9.91. The quantitative estimate of drug-likeness (QED) is 0.471. The Balaban J connectivity index is 1.65. The number of methoxy groups -OCH3 is 1. The number of ether oxygens (including phenoxy) is 1. The van der Waals surface area contributed by atoms with Crippen LogP contribution in [-0.2, 0) is 6.42 Å². The number of H-pyrrole nitrogens is 1. The van der Waals surface area contributed by atoms with Crippen LogP contribution < -0.4 is 4.74 Å². The van der Waals surface area contributed by atoms with E-state index in [4.69, 9.17) is 16.3 Å². The van der Waals surface area contributed by atoms with Crippen molar-refractivity contribution in [3.63, 3.8) is 0 Å². The number of nitrogens with one attached hydrogen (secondary N) is 1. The van der Waals surface area contributed by atoms with Crippen molar-refractivity contribution in [2.75, 3.05) is 13.7 Å². The molecule has 30 heavy (non-hydrogen) atoms. The van der Waals surface area contributed by atoms with E-state index in [0.717, 1.165) is 34.3 Å². The standard InChI is InChI=1S/C25H21ClN2O2/c1-30-19-11-12-22-21(15-19)20-13-14-28(25(29)17-7-9-18(26)10-8-17)24(23(20)27-22)16-5-3-2-4-6-16/h2-12,15,24,27H,13-14H2,1H3. The Labute approximate surface area is 180 Å². The molecule has 1 aliphatic heterocycles. The van der Waals surface area contributed by atoms with Crippen molar-refractivity contribution in [1.29, 1.82) is 0 Å². The Hall–Kier alpha value is -3.24. The van der Waals surface area contributed by atoms with Crippen LogP contribution in [0.2, 0.25) is 5.02 Å². The van der Waals surface area contributed by atoms with Crippen molar-refractivity contribution in [3.8, 4) is 5.75 Å². The summed E-state index contributed by atoms with van der Waals surface area (Å²) >= 11 is 6.02. The van der Waals surface area contributed by atoms with Crippen LogP contribution in [0.1, 0.15) is 33.2 Å². The van der Waals surface area contributed by atoms with Gasteiger partial charge in [-0.2, -0.15) is 0 Å². The van der Waals surface area contributed by atoms with Gasteiger partial charge in [0.05, 0.1) is 13.2 Å². The Morgan fingerprint density at radius 1 is 1.07 bits per heavy atom. The van der Waals surface area contributed by atoms with Gasteiger partial charge in [-0.1, -0.05) is 41.9 Å². The number of benzene rings is 3. The van der Waals surface area contributed by atoms with Gasteiger partial charge in [0.25, 0.3) is 5.91 Å². The zero-order chi connectivity index (χ0) is 20.7. The third kappa shape index (κ3) is 3.14. The van der Waals surface area contributed by atoms with Gasteiger partial charge in [-0.25, -0.2) is 0 Å². The van der Waals surface area contributed by atoms with Crippen LogP contribution in [0.4, 0.5) is 0 Å². The summed E-state index contributed by atoms with van der Waals surface area (Å²) in [7, 11) is 1.68. The molecule has 1 amide bonds. The predicted molar refractivity (Wildman–Crippen MR) is 119 cm³/mol. The number of rotatable bonds is 3. The molecule has 3 aromatic carbocycles.